The van der Waals surface area contributed by atoms with Crippen LogP contribution in [0, 0.1) is 3.57 Å². The van der Waals surface area contributed by atoms with Crippen LogP contribution in [0.4, 0.5) is 5.82 Å². The number of nitrogens with zero attached hydrogens (tertiary/aromatic N) is 2. The smallest absolute Gasteiger partial charge is 0.165 e. The van der Waals surface area contributed by atoms with Gasteiger partial charge >= 0.3 is 0 Å². The molecule has 1 N–H and O–H groups in total. The number of anilines is 1. The number of hydrogen-bond acceptors (Lipinski definition) is 4. The number of nitrogens with one attached hydrogen (secondary N) is 1. The Balaban J connectivity index is 2.57. The van der Waals surface area contributed by atoms with Crippen LogP contribution in [0.2, 0.25) is 0 Å². The van der Waals surface area contributed by atoms with Gasteiger partial charge in [-0.1, -0.05) is 15.9 Å². The van der Waals surface area contributed by atoms with Crippen LogP contribution in [-0.2, 0) is 0 Å². The number of hydrogen-bond donors (Lipinski definition) is 1. The lowest BCUT2D eigenvalue weighted by atomic mass is 10.2. The van der Waals surface area contributed by atoms with Crippen molar-refractivity contribution in [3.05, 3.63) is 32.4 Å². The fourth-order valence-electron chi connectivity index (χ4n) is 1.53. The molecule has 1 heterocycles. The molecule has 0 bridgehead atoms. The van der Waals surface area contributed by atoms with Crippen LogP contribution >= 0.6 is 38.5 Å². The summed E-state index contributed by atoms with van der Waals surface area (Å²) in [5, 5.41) is 3.05. The molecule has 0 saturated carbocycles. The Morgan fingerprint density at radius 1 is 1.39 bits per heavy atom. The second-order valence-electron chi connectivity index (χ2n) is 3.48. The average Bonchev–Trinajstić information content (AvgIpc) is 2.39. The van der Waals surface area contributed by atoms with E-state index in [0.717, 1.165) is 25.2 Å². The molecule has 2 rings (SSSR count). The molecule has 4 nitrogen and oxygen atoms in total. The van der Waals surface area contributed by atoms with Crippen LogP contribution in [0.15, 0.2) is 28.9 Å². The summed E-state index contributed by atoms with van der Waals surface area (Å²) >= 11 is 5.64. The van der Waals surface area contributed by atoms with Crippen molar-refractivity contribution in [3.8, 4) is 17.1 Å². The van der Waals surface area contributed by atoms with E-state index in [1.54, 1.807) is 13.3 Å². The summed E-state index contributed by atoms with van der Waals surface area (Å²) in [7, 11) is 3.48. The first-order chi connectivity index (χ1) is 8.65. The van der Waals surface area contributed by atoms with Crippen molar-refractivity contribution in [2.24, 2.45) is 0 Å². The van der Waals surface area contributed by atoms with E-state index >= 15 is 0 Å². The van der Waals surface area contributed by atoms with E-state index in [9.17, 15) is 0 Å². The van der Waals surface area contributed by atoms with Gasteiger partial charge in [-0.25, -0.2) is 9.97 Å². The minimum Gasteiger partial charge on any atom is -0.496 e. The molecule has 0 saturated heterocycles. The van der Waals surface area contributed by atoms with E-state index in [1.807, 2.05) is 25.2 Å². The Morgan fingerprint density at radius 3 is 2.83 bits per heavy atom. The van der Waals surface area contributed by atoms with E-state index in [1.165, 1.54) is 0 Å². The van der Waals surface area contributed by atoms with Crippen LogP contribution in [0.1, 0.15) is 0 Å². The van der Waals surface area contributed by atoms with Gasteiger partial charge in [0.05, 0.1) is 16.2 Å². The van der Waals surface area contributed by atoms with Crippen LogP contribution < -0.4 is 10.1 Å². The topological polar surface area (TPSA) is 47.0 Å². The van der Waals surface area contributed by atoms with Crippen molar-refractivity contribution in [2.75, 3.05) is 19.5 Å². The summed E-state index contributed by atoms with van der Waals surface area (Å²) in [4.78, 5) is 8.83. The highest BCUT2D eigenvalue weighted by atomic mass is 127. The molecule has 18 heavy (non-hydrogen) atoms. The zero-order chi connectivity index (χ0) is 13.1. The van der Waals surface area contributed by atoms with E-state index in [4.69, 9.17) is 4.74 Å². The molecule has 6 heteroatoms. The van der Waals surface area contributed by atoms with Gasteiger partial charge in [0.25, 0.3) is 0 Å². The van der Waals surface area contributed by atoms with Gasteiger partial charge in [-0.05, 0) is 40.8 Å². The minimum atomic E-state index is 0.637. The van der Waals surface area contributed by atoms with Gasteiger partial charge in [0.1, 0.15) is 11.6 Å². The monoisotopic (exact) mass is 419 g/mol. The number of aromatic nitrogens is 2. The Kier molecular flexibility index (Phi) is 4.39. The molecule has 0 fully saturated rings. The largest absolute Gasteiger partial charge is 0.496 e. The van der Waals surface area contributed by atoms with Crippen LogP contribution in [0.5, 0.6) is 5.75 Å². The van der Waals surface area contributed by atoms with Gasteiger partial charge in [0.2, 0.25) is 0 Å². The van der Waals surface area contributed by atoms with E-state index in [0.29, 0.717) is 5.82 Å². The molecule has 1 aromatic heterocycles. The molecule has 0 amide bonds. The van der Waals surface area contributed by atoms with E-state index in [-0.39, 0.29) is 0 Å². The molecule has 0 spiro atoms. The minimum absolute atomic E-state index is 0.637. The normalized spacial score (nSPS) is 10.2. The third-order valence-electron chi connectivity index (χ3n) is 2.38. The van der Waals surface area contributed by atoms with Gasteiger partial charge in [-0.2, -0.15) is 0 Å². The summed E-state index contributed by atoms with van der Waals surface area (Å²) in [6.45, 7) is 0. The summed E-state index contributed by atoms with van der Waals surface area (Å²) < 4.78 is 7.28. The van der Waals surface area contributed by atoms with Gasteiger partial charge in [-0.15, -0.1) is 0 Å². The van der Waals surface area contributed by atoms with Crippen LogP contribution in [0.3, 0.4) is 0 Å². The van der Waals surface area contributed by atoms with Crippen LogP contribution in [0.25, 0.3) is 11.4 Å². The van der Waals surface area contributed by atoms with Crippen molar-refractivity contribution in [1.82, 2.24) is 9.97 Å². The maximum atomic E-state index is 5.34. The Bertz CT molecular complexity index is 577. The quantitative estimate of drug-likeness (QED) is 0.772. The van der Waals surface area contributed by atoms with Crippen molar-refractivity contribution >= 4 is 44.3 Å². The lowest BCUT2D eigenvalue weighted by molar-refractivity contribution is 0.416. The summed E-state index contributed by atoms with van der Waals surface area (Å²) in [5.74, 6) is 2.20. The predicted molar refractivity (Wildman–Crippen MR) is 84.0 cm³/mol. The third kappa shape index (κ3) is 2.74. The van der Waals surface area contributed by atoms with Gasteiger partial charge in [-0.3, -0.25) is 0 Å². The standard InChI is InChI=1S/C12H11BrIN3O/c1-15-12-9(14)6-16-11(17-12)8-5-7(13)3-4-10(8)18-2/h3-6H,1-2H3,(H,15,16,17). The van der Waals surface area contributed by atoms with Crippen LogP contribution in [-0.4, -0.2) is 24.1 Å². The molecule has 0 atom stereocenters. The molecule has 0 aliphatic carbocycles. The van der Waals surface area contributed by atoms with Gasteiger partial charge in [0.15, 0.2) is 5.82 Å². The fraction of sp³-hybridized carbons (Fsp3) is 0.167. The predicted octanol–water partition coefficient (Wildman–Crippen LogP) is 3.56. The molecule has 0 radical (unpaired) electrons. The van der Waals surface area contributed by atoms with E-state index < -0.39 is 0 Å². The number of rotatable bonds is 3. The molecule has 0 aliphatic rings. The lowest BCUT2D eigenvalue weighted by Crippen LogP contribution is -2.00. The van der Waals surface area contributed by atoms with Gasteiger partial charge < -0.3 is 10.1 Å². The summed E-state index contributed by atoms with van der Waals surface area (Å²) in [6, 6.07) is 5.76. The fourth-order valence-corrected chi connectivity index (χ4v) is 2.42. The first-order valence-electron chi connectivity index (χ1n) is 5.20. The van der Waals surface area contributed by atoms with Crippen molar-refractivity contribution in [1.29, 1.82) is 0 Å². The zero-order valence-electron chi connectivity index (χ0n) is 9.87. The SMILES string of the molecule is CNc1nc(-c2cc(Br)ccc2OC)ncc1I. The lowest BCUT2D eigenvalue weighted by Gasteiger charge is -2.09. The molecular formula is C12H11BrIN3O. The molecule has 0 unspecified atom stereocenters. The van der Waals surface area contributed by atoms with E-state index in [2.05, 4.69) is 53.8 Å². The van der Waals surface area contributed by atoms with Crippen molar-refractivity contribution < 1.29 is 4.74 Å². The molecule has 1 aromatic carbocycles. The number of benzene rings is 1. The zero-order valence-corrected chi connectivity index (χ0v) is 13.6. The first-order valence-corrected chi connectivity index (χ1v) is 7.07. The maximum Gasteiger partial charge on any atom is 0.165 e. The summed E-state index contributed by atoms with van der Waals surface area (Å²) in [6.07, 6.45) is 1.79. The average molecular weight is 420 g/mol. The summed E-state index contributed by atoms with van der Waals surface area (Å²) in [5.41, 5.74) is 0.861. The Hall–Kier alpha value is -0.890. The Labute approximate surface area is 127 Å². The highest BCUT2D eigenvalue weighted by Gasteiger charge is 2.11. The number of halogens is 2. The van der Waals surface area contributed by atoms with Crippen molar-refractivity contribution in [2.45, 2.75) is 0 Å². The molecule has 2 aromatic rings. The van der Waals surface area contributed by atoms with Gasteiger partial charge in [0, 0.05) is 17.7 Å². The highest BCUT2D eigenvalue weighted by Crippen LogP contribution is 2.31. The first kappa shape index (κ1) is 13.5. The number of methoxy groups -OCH3 is 1. The number of ether oxygens (including phenoxy) is 1. The third-order valence-corrected chi connectivity index (χ3v) is 3.67. The Morgan fingerprint density at radius 2 is 2.17 bits per heavy atom. The second-order valence-corrected chi connectivity index (χ2v) is 5.56. The molecule has 0 aliphatic heterocycles. The van der Waals surface area contributed by atoms with Crippen molar-refractivity contribution in [3.63, 3.8) is 0 Å². The highest BCUT2D eigenvalue weighted by molar-refractivity contribution is 14.1. The maximum absolute atomic E-state index is 5.34. The second kappa shape index (κ2) is 5.83. The molecular weight excluding hydrogens is 409 g/mol. The molecule has 94 valence electrons.